The van der Waals surface area contributed by atoms with Gasteiger partial charge in [-0.1, -0.05) is 30.3 Å². The van der Waals surface area contributed by atoms with Crippen LogP contribution < -0.4 is 5.32 Å². The maximum Gasteiger partial charge on any atom is 0.208 e. The van der Waals surface area contributed by atoms with Crippen molar-refractivity contribution in [1.82, 2.24) is 15.1 Å². The lowest BCUT2D eigenvalue weighted by Gasteiger charge is -2.37. The summed E-state index contributed by atoms with van der Waals surface area (Å²) in [7, 11) is 2.13. The average molecular weight is 233 g/mol. The van der Waals surface area contributed by atoms with Gasteiger partial charge < -0.3 is 10.2 Å². The molecule has 0 aliphatic carbocycles. The van der Waals surface area contributed by atoms with E-state index < -0.39 is 0 Å². The Hall–Kier alpha value is -1.39. The molecule has 1 heterocycles. The normalized spacial score (nSPS) is 19.8. The number of benzene rings is 1. The van der Waals surface area contributed by atoms with E-state index in [0.29, 0.717) is 0 Å². The van der Waals surface area contributed by atoms with Crippen LogP contribution in [0.4, 0.5) is 0 Å². The molecule has 1 fully saturated rings. The van der Waals surface area contributed by atoms with Crippen molar-refractivity contribution < 1.29 is 4.79 Å². The van der Waals surface area contributed by atoms with E-state index in [1.165, 1.54) is 0 Å². The fourth-order valence-electron chi connectivity index (χ4n) is 2.19. The number of carbonyl (C=O) groups excluding carboxylic acids is 1. The van der Waals surface area contributed by atoms with Gasteiger partial charge >= 0.3 is 0 Å². The second kappa shape index (κ2) is 5.80. The number of hydrogen-bond donors (Lipinski definition) is 1. The lowest BCUT2D eigenvalue weighted by molar-refractivity contribution is -0.111. The Morgan fingerprint density at radius 2 is 1.82 bits per heavy atom. The summed E-state index contributed by atoms with van der Waals surface area (Å²) in [6, 6.07) is 10.1. The third-order valence-corrected chi connectivity index (χ3v) is 3.24. The van der Waals surface area contributed by atoms with Gasteiger partial charge in [0.15, 0.2) is 0 Å². The molecule has 1 aliphatic heterocycles. The van der Waals surface area contributed by atoms with Crippen LogP contribution in [0.2, 0.25) is 0 Å². The van der Waals surface area contributed by atoms with Crippen LogP contribution in [0.15, 0.2) is 30.3 Å². The van der Waals surface area contributed by atoms with Crippen molar-refractivity contribution in [3.63, 3.8) is 0 Å². The van der Waals surface area contributed by atoms with Crippen molar-refractivity contribution in [3.05, 3.63) is 35.9 Å². The predicted octanol–water partition coefficient (Wildman–Crippen LogP) is 0.679. The van der Waals surface area contributed by atoms with Gasteiger partial charge in [-0.15, -0.1) is 0 Å². The molecule has 1 saturated heterocycles. The quantitative estimate of drug-likeness (QED) is 0.777. The summed E-state index contributed by atoms with van der Waals surface area (Å²) in [5.41, 5.74) is 1.14. The van der Waals surface area contributed by atoms with E-state index in [2.05, 4.69) is 34.3 Å². The zero-order valence-corrected chi connectivity index (χ0v) is 10.2. The minimum Gasteiger partial charge on any atom is -0.339 e. The molecule has 1 unspecified atom stereocenters. The van der Waals surface area contributed by atoms with Gasteiger partial charge in [-0.05, 0) is 12.6 Å². The topological polar surface area (TPSA) is 35.6 Å². The SMILES string of the molecule is CN1CCN(C(NC=O)c2ccccc2)CC1. The van der Waals surface area contributed by atoms with Crippen LogP contribution in [-0.4, -0.2) is 49.4 Å². The zero-order valence-electron chi connectivity index (χ0n) is 10.2. The molecule has 0 bridgehead atoms. The molecule has 4 nitrogen and oxygen atoms in total. The Morgan fingerprint density at radius 1 is 1.18 bits per heavy atom. The summed E-state index contributed by atoms with van der Waals surface area (Å²) in [5.74, 6) is 0. The molecule has 4 heteroatoms. The standard InChI is InChI=1S/C13H19N3O/c1-15-7-9-16(10-8-15)13(14-11-17)12-5-3-2-4-6-12/h2-6,11,13H,7-10H2,1H3,(H,14,17). The van der Waals surface area contributed by atoms with Crippen LogP contribution in [0.25, 0.3) is 0 Å². The number of hydrogen-bond acceptors (Lipinski definition) is 3. The van der Waals surface area contributed by atoms with Gasteiger partial charge in [0, 0.05) is 26.2 Å². The fraction of sp³-hybridized carbons (Fsp3) is 0.462. The minimum absolute atomic E-state index is 0.00222. The Bertz CT molecular complexity index is 347. The van der Waals surface area contributed by atoms with E-state index in [-0.39, 0.29) is 6.17 Å². The van der Waals surface area contributed by atoms with Crippen molar-refractivity contribution >= 4 is 6.41 Å². The van der Waals surface area contributed by atoms with E-state index in [0.717, 1.165) is 38.2 Å². The molecule has 1 atom stereocenters. The first-order valence-corrected chi connectivity index (χ1v) is 5.98. The number of carbonyl (C=O) groups is 1. The van der Waals surface area contributed by atoms with E-state index in [4.69, 9.17) is 0 Å². The van der Waals surface area contributed by atoms with Crippen LogP contribution >= 0.6 is 0 Å². The molecule has 1 aliphatic rings. The Balaban J connectivity index is 2.09. The predicted molar refractivity (Wildman–Crippen MR) is 67.5 cm³/mol. The monoisotopic (exact) mass is 233 g/mol. The van der Waals surface area contributed by atoms with Gasteiger partial charge in [-0.3, -0.25) is 9.69 Å². The van der Waals surface area contributed by atoms with Gasteiger partial charge in [0.2, 0.25) is 6.41 Å². The van der Waals surface area contributed by atoms with Gasteiger partial charge in [-0.2, -0.15) is 0 Å². The molecule has 1 aromatic carbocycles. The highest BCUT2D eigenvalue weighted by molar-refractivity contribution is 5.47. The minimum atomic E-state index is 0.00222. The van der Waals surface area contributed by atoms with Crippen LogP contribution in [-0.2, 0) is 4.79 Å². The first kappa shape index (κ1) is 12.1. The van der Waals surface area contributed by atoms with E-state index >= 15 is 0 Å². The van der Waals surface area contributed by atoms with Crippen molar-refractivity contribution in [2.45, 2.75) is 6.17 Å². The first-order chi connectivity index (χ1) is 8.31. The summed E-state index contributed by atoms with van der Waals surface area (Å²) in [6.07, 6.45) is 0.790. The lowest BCUT2D eigenvalue weighted by atomic mass is 10.1. The Morgan fingerprint density at radius 3 is 2.41 bits per heavy atom. The van der Waals surface area contributed by atoms with E-state index in [9.17, 15) is 4.79 Å². The van der Waals surface area contributed by atoms with Crippen molar-refractivity contribution in [2.75, 3.05) is 33.2 Å². The van der Waals surface area contributed by atoms with E-state index in [1.807, 2.05) is 18.2 Å². The number of nitrogens with zero attached hydrogens (tertiary/aromatic N) is 2. The van der Waals surface area contributed by atoms with Crippen LogP contribution in [0.1, 0.15) is 11.7 Å². The molecule has 0 spiro atoms. The summed E-state index contributed by atoms with van der Waals surface area (Å²) in [4.78, 5) is 15.4. The molecule has 92 valence electrons. The summed E-state index contributed by atoms with van der Waals surface area (Å²) in [6.45, 7) is 4.06. The molecule has 2 rings (SSSR count). The molecule has 0 aromatic heterocycles. The number of nitrogens with one attached hydrogen (secondary N) is 1. The third kappa shape index (κ3) is 3.05. The highest BCUT2D eigenvalue weighted by Gasteiger charge is 2.22. The summed E-state index contributed by atoms with van der Waals surface area (Å²) < 4.78 is 0. The molecular formula is C13H19N3O. The van der Waals surface area contributed by atoms with Gasteiger partial charge in [0.05, 0.1) is 0 Å². The number of piperazine rings is 1. The number of likely N-dealkylation sites (N-methyl/N-ethyl adjacent to an activating group) is 1. The Kier molecular flexibility index (Phi) is 4.12. The largest absolute Gasteiger partial charge is 0.339 e. The first-order valence-electron chi connectivity index (χ1n) is 5.98. The van der Waals surface area contributed by atoms with E-state index in [1.54, 1.807) is 0 Å². The maximum absolute atomic E-state index is 10.7. The van der Waals surface area contributed by atoms with Gasteiger partial charge in [0.1, 0.15) is 6.17 Å². The molecular weight excluding hydrogens is 214 g/mol. The summed E-state index contributed by atoms with van der Waals surface area (Å²) >= 11 is 0. The average Bonchev–Trinajstić information content (AvgIpc) is 2.38. The van der Waals surface area contributed by atoms with Crippen molar-refractivity contribution in [3.8, 4) is 0 Å². The second-order valence-electron chi connectivity index (χ2n) is 4.44. The smallest absolute Gasteiger partial charge is 0.208 e. The van der Waals surface area contributed by atoms with Gasteiger partial charge in [0.25, 0.3) is 0 Å². The molecule has 1 aromatic rings. The number of rotatable bonds is 4. The highest BCUT2D eigenvalue weighted by atomic mass is 16.1. The van der Waals surface area contributed by atoms with Crippen LogP contribution in [0.3, 0.4) is 0 Å². The summed E-state index contributed by atoms with van der Waals surface area (Å²) in [5, 5.41) is 2.91. The lowest BCUT2D eigenvalue weighted by Crippen LogP contribution is -2.49. The Labute approximate surface area is 102 Å². The zero-order chi connectivity index (χ0) is 12.1. The van der Waals surface area contributed by atoms with Crippen molar-refractivity contribution in [1.29, 1.82) is 0 Å². The number of amides is 1. The highest BCUT2D eigenvalue weighted by Crippen LogP contribution is 2.18. The maximum atomic E-state index is 10.7. The molecule has 1 amide bonds. The third-order valence-electron chi connectivity index (χ3n) is 3.24. The van der Waals surface area contributed by atoms with Crippen LogP contribution in [0.5, 0.6) is 0 Å². The van der Waals surface area contributed by atoms with Gasteiger partial charge in [-0.25, -0.2) is 0 Å². The molecule has 0 radical (unpaired) electrons. The molecule has 1 N–H and O–H groups in total. The van der Waals surface area contributed by atoms with Crippen molar-refractivity contribution in [2.24, 2.45) is 0 Å². The second-order valence-corrected chi connectivity index (χ2v) is 4.44. The molecule has 17 heavy (non-hydrogen) atoms. The van der Waals surface area contributed by atoms with Crippen LogP contribution in [0, 0.1) is 0 Å². The fourth-order valence-corrected chi connectivity index (χ4v) is 2.19. The molecule has 0 saturated carbocycles.